The van der Waals surface area contributed by atoms with Crippen LogP contribution in [0.5, 0.6) is 0 Å². The second-order valence-electron chi connectivity index (χ2n) is 3.96. The van der Waals surface area contributed by atoms with Crippen molar-refractivity contribution in [2.45, 2.75) is 13.8 Å². The molecule has 88 valence electrons. The average molecular weight is 231 g/mol. The van der Waals surface area contributed by atoms with Gasteiger partial charge in [0.05, 0.1) is 17.0 Å². The zero-order valence-corrected chi connectivity index (χ0v) is 9.93. The predicted molar refractivity (Wildman–Crippen MR) is 62.9 cm³/mol. The van der Waals surface area contributed by atoms with Crippen molar-refractivity contribution < 1.29 is 9.90 Å². The minimum atomic E-state index is -0.995. The summed E-state index contributed by atoms with van der Waals surface area (Å²) in [4.78, 5) is 15.5. The Bertz CT molecular complexity index is 570. The summed E-state index contributed by atoms with van der Waals surface area (Å²) in [6, 6.07) is 3.71. The fourth-order valence-electron chi connectivity index (χ4n) is 1.83. The van der Waals surface area contributed by atoms with Crippen LogP contribution < -0.4 is 0 Å². The van der Waals surface area contributed by atoms with Crippen molar-refractivity contribution in [1.82, 2.24) is 14.8 Å². The number of hydrogen-bond acceptors (Lipinski definition) is 3. The fraction of sp³-hybridized carbons (Fsp3) is 0.250. The Morgan fingerprint density at radius 1 is 1.35 bits per heavy atom. The van der Waals surface area contributed by atoms with Crippen molar-refractivity contribution in [3.8, 4) is 11.3 Å². The number of carbonyl (C=O) groups is 1. The van der Waals surface area contributed by atoms with Gasteiger partial charge in [-0.2, -0.15) is 5.10 Å². The smallest absolute Gasteiger partial charge is 0.354 e. The zero-order chi connectivity index (χ0) is 12.6. The van der Waals surface area contributed by atoms with Crippen molar-refractivity contribution in [2.24, 2.45) is 7.05 Å². The first-order valence-corrected chi connectivity index (χ1v) is 5.20. The summed E-state index contributed by atoms with van der Waals surface area (Å²) in [7, 11) is 1.62. The van der Waals surface area contributed by atoms with Crippen LogP contribution in [0, 0.1) is 13.8 Å². The van der Waals surface area contributed by atoms with Gasteiger partial charge in [-0.3, -0.25) is 9.67 Å². The lowest BCUT2D eigenvalue weighted by Gasteiger charge is -2.02. The van der Waals surface area contributed by atoms with Crippen LogP contribution in [0.25, 0.3) is 11.3 Å². The number of nitrogens with zero attached hydrogens (tertiary/aromatic N) is 3. The topological polar surface area (TPSA) is 68.0 Å². The van der Waals surface area contributed by atoms with Gasteiger partial charge in [0.15, 0.2) is 5.69 Å². The minimum absolute atomic E-state index is 0.166. The summed E-state index contributed by atoms with van der Waals surface area (Å²) >= 11 is 0. The first-order chi connectivity index (χ1) is 8.00. The lowest BCUT2D eigenvalue weighted by molar-refractivity contribution is 0.0686. The van der Waals surface area contributed by atoms with Crippen molar-refractivity contribution in [1.29, 1.82) is 0 Å². The number of carboxylic acid groups (broad SMARTS) is 1. The molecule has 0 aromatic carbocycles. The maximum atomic E-state index is 11.2. The number of hydrogen-bond donors (Lipinski definition) is 1. The highest BCUT2D eigenvalue weighted by Crippen LogP contribution is 2.25. The molecule has 0 saturated carbocycles. The third-order valence-electron chi connectivity index (χ3n) is 2.59. The molecule has 17 heavy (non-hydrogen) atoms. The van der Waals surface area contributed by atoms with Gasteiger partial charge in [-0.15, -0.1) is 0 Å². The summed E-state index contributed by atoms with van der Waals surface area (Å²) in [5, 5.41) is 13.3. The van der Waals surface area contributed by atoms with Gasteiger partial charge < -0.3 is 5.11 Å². The molecule has 0 fully saturated rings. The first kappa shape index (κ1) is 11.3. The van der Waals surface area contributed by atoms with Crippen molar-refractivity contribution in [3.63, 3.8) is 0 Å². The van der Waals surface area contributed by atoms with Gasteiger partial charge in [0.25, 0.3) is 0 Å². The van der Waals surface area contributed by atoms with Crippen LogP contribution in [0.3, 0.4) is 0 Å². The van der Waals surface area contributed by atoms with Crippen LogP contribution in [0.1, 0.15) is 21.7 Å². The summed E-state index contributed by atoms with van der Waals surface area (Å²) in [6.07, 6.45) is 1.72. The molecule has 5 nitrogen and oxygen atoms in total. The Morgan fingerprint density at radius 2 is 2.06 bits per heavy atom. The van der Waals surface area contributed by atoms with Crippen molar-refractivity contribution >= 4 is 5.97 Å². The number of carboxylic acids is 1. The first-order valence-electron chi connectivity index (χ1n) is 5.20. The van der Waals surface area contributed by atoms with E-state index in [0.29, 0.717) is 17.0 Å². The SMILES string of the molecule is Cc1ccc(-c2c(C)nn(C)c2C(=O)O)nc1. The highest BCUT2D eigenvalue weighted by molar-refractivity contribution is 5.94. The third kappa shape index (κ3) is 1.91. The van der Waals surface area contributed by atoms with Crippen LogP contribution in [-0.2, 0) is 7.05 Å². The Morgan fingerprint density at radius 3 is 2.59 bits per heavy atom. The van der Waals surface area contributed by atoms with E-state index in [9.17, 15) is 9.90 Å². The molecule has 0 saturated heterocycles. The Balaban J connectivity index is 2.66. The molecule has 2 rings (SSSR count). The van der Waals surface area contributed by atoms with Gasteiger partial charge >= 0.3 is 5.97 Å². The normalized spacial score (nSPS) is 10.5. The van der Waals surface area contributed by atoms with Crippen LogP contribution in [0.2, 0.25) is 0 Å². The maximum absolute atomic E-state index is 11.2. The maximum Gasteiger partial charge on any atom is 0.354 e. The van der Waals surface area contributed by atoms with Crippen LogP contribution >= 0.6 is 0 Å². The fourth-order valence-corrected chi connectivity index (χ4v) is 1.83. The largest absolute Gasteiger partial charge is 0.477 e. The lowest BCUT2D eigenvalue weighted by atomic mass is 10.1. The molecule has 0 radical (unpaired) electrons. The Labute approximate surface area is 98.7 Å². The molecule has 2 aromatic rings. The number of aryl methyl sites for hydroxylation is 3. The van der Waals surface area contributed by atoms with Gasteiger partial charge in [-0.1, -0.05) is 6.07 Å². The van der Waals surface area contributed by atoms with Crippen molar-refractivity contribution in [3.05, 3.63) is 35.3 Å². The molecule has 0 unspecified atom stereocenters. The van der Waals surface area contributed by atoms with Gasteiger partial charge in [-0.05, 0) is 25.5 Å². The number of pyridine rings is 1. The molecule has 0 aliphatic rings. The standard InChI is InChI=1S/C12H13N3O2/c1-7-4-5-9(13-6-7)10-8(2)14-15(3)11(10)12(16)17/h4-6H,1-3H3,(H,16,17). The van der Waals surface area contributed by atoms with E-state index in [1.54, 1.807) is 20.2 Å². The van der Waals surface area contributed by atoms with E-state index in [2.05, 4.69) is 10.1 Å². The highest BCUT2D eigenvalue weighted by Gasteiger charge is 2.21. The second-order valence-corrected chi connectivity index (χ2v) is 3.96. The van der Waals surface area contributed by atoms with E-state index in [1.165, 1.54) is 4.68 Å². The molecule has 0 aliphatic carbocycles. The number of aromatic carboxylic acids is 1. The molecule has 0 amide bonds. The van der Waals surface area contributed by atoms with Crippen LogP contribution in [-0.4, -0.2) is 25.8 Å². The Kier molecular flexibility index (Phi) is 2.67. The molecule has 0 aliphatic heterocycles. The second kappa shape index (κ2) is 4.01. The van der Waals surface area contributed by atoms with E-state index in [0.717, 1.165) is 5.56 Å². The quantitative estimate of drug-likeness (QED) is 0.855. The van der Waals surface area contributed by atoms with E-state index in [4.69, 9.17) is 0 Å². The van der Waals surface area contributed by atoms with Crippen molar-refractivity contribution in [2.75, 3.05) is 0 Å². The molecule has 0 spiro atoms. The Hall–Kier alpha value is -2.17. The molecule has 0 bridgehead atoms. The summed E-state index contributed by atoms with van der Waals surface area (Å²) in [5.74, 6) is -0.995. The number of rotatable bonds is 2. The molecule has 2 heterocycles. The third-order valence-corrected chi connectivity index (χ3v) is 2.59. The highest BCUT2D eigenvalue weighted by atomic mass is 16.4. The van der Waals surface area contributed by atoms with Gasteiger partial charge in [-0.25, -0.2) is 4.79 Å². The molecular weight excluding hydrogens is 218 g/mol. The van der Waals surface area contributed by atoms with E-state index < -0.39 is 5.97 Å². The molecule has 2 aromatic heterocycles. The molecule has 5 heteroatoms. The lowest BCUT2D eigenvalue weighted by Crippen LogP contribution is -2.07. The van der Waals surface area contributed by atoms with Crippen LogP contribution in [0.15, 0.2) is 18.3 Å². The van der Waals surface area contributed by atoms with Gasteiger partial charge in [0, 0.05) is 13.2 Å². The molecule has 1 N–H and O–H groups in total. The summed E-state index contributed by atoms with van der Waals surface area (Å²) < 4.78 is 1.37. The zero-order valence-electron chi connectivity index (χ0n) is 9.93. The number of aromatic nitrogens is 3. The predicted octanol–water partition coefficient (Wildman–Crippen LogP) is 1.80. The average Bonchev–Trinajstić information content (AvgIpc) is 2.55. The van der Waals surface area contributed by atoms with Gasteiger partial charge in [0.1, 0.15) is 0 Å². The minimum Gasteiger partial charge on any atom is -0.477 e. The monoisotopic (exact) mass is 231 g/mol. The van der Waals surface area contributed by atoms with Gasteiger partial charge in [0.2, 0.25) is 0 Å². The van der Waals surface area contributed by atoms with E-state index >= 15 is 0 Å². The van der Waals surface area contributed by atoms with E-state index in [-0.39, 0.29) is 5.69 Å². The molecule has 0 atom stereocenters. The summed E-state index contributed by atoms with van der Waals surface area (Å²) in [6.45, 7) is 3.72. The summed E-state index contributed by atoms with van der Waals surface area (Å²) in [5.41, 5.74) is 3.09. The van der Waals surface area contributed by atoms with Crippen LogP contribution in [0.4, 0.5) is 0 Å². The van der Waals surface area contributed by atoms with E-state index in [1.807, 2.05) is 19.1 Å². The molecular formula is C12H13N3O2.